The van der Waals surface area contributed by atoms with Crippen molar-refractivity contribution >= 4 is 21.8 Å². The Morgan fingerprint density at radius 2 is 1.63 bits per heavy atom. The fraction of sp³-hybridized carbons (Fsp3) is 0.353. The van der Waals surface area contributed by atoms with Crippen LogP contribution in [0.25, 0.3) is 21.8 Å². The molecule has 0 aliphatic carbocycles. The van der Waals surface area contributed by atoms with Crippen LogP contribution in [-0.4, -0.2) is 9.55 Å². The zero-order chi connectivity index (χ0) is 14.2. The van der Waals surface area contributed by atoms with E-state index in [-0.39, 0.29) is 0 Å². The molecule has 0 N–H and O–H groups in total. The Kier molecular flexibility index (Phi) is 3.61. The summed E-state index contributed by atoms with van der Waals surface area (Å²) in [7, 11) is 2.14. The third-order valence-corrected chi connectivity index (χ3v) is 3.80. The van der Waals surface area contributed by atoms with E-state index in [1.165, 1.54) is 27.5 Å². The second kappa shape index (κ2) is 5.04. The standard InChI is InChI=1S/C15H16N2.C2H6/c1-9-11(3)17(4)15-12-7-5-6-8-13(12)16-10(2)14(9)15;1-2/h5-8H,1-4H3;1-2H3. The molecule has 3 aromatic rings. The maximum Gasteiger partial charge on any atom is 0.0726 e. The van der Waals surface area contributed by atoms with Gasteiger partial charge in [-0.25, -0.2) is 0 Å². The number of hydrogen-bond acceptors (Lipinski definition) is 1. The molecule has 0 spiro atoms. The Hall–Kier alpha value is -1.83. The van der Waals surface area contributed by atoms with Crippen molar-refractivity contribution in [2.75, 3.05) is 0 Å². The molecular weight excluding hydrogens is 232 g/mol. The van der Waals surface area contributed by atoms with Crippen molar-refractivity contribution < 1.29 is 0 Å². The van der Waals surface area contributed by atoms with Crippen molar-refractivity contribution in [1.82, 2.24) is 9.55 Å². The molecule has 2 aromatic heterocycles. The van der Waals surface area contributed by atoms with Crippen LogP contribution < -0.4 is 0 Å². The summed E-state index contributed by atoms with van der Waals surface area (Å²) in [5, 5.41) is 2.55. The summed E-state index contributed by atoms with van der Waals surface area (Å²) in [4.78, 5) is 4.71. The van der Waals surface area contributed by atoms with E-state index in [9.17, 15) is 0 Å². The van der Waals surface area contributed by atoms with Gasteiger partial charge >= 0.3 is 0 Å². The quantitative estimate of drug-likeness (QED) is 0.569. The maximum absolute atomic E-state index is 4.71. The average Bonchev–Trinajstić information content (AvgIpc) is 2.67. The van der Waals surface area contributed by atoms with E-state index in [0.29, 0.717) is 0 Å². The minimum Gasteiger partial charge on any atom is -0.347 e. The van der Waals surface area contributed by atoms with Gasteiger partial charge in [0.05, 0.1) is 11.0 Å². The second-order valence-corrected chi connectivity index (χ2v) is 4.71. The number of pyridine rings is 1. The van der Waals surface area contributed by atoms with Gasteiger partial charge in [-0.05, 0) is 32.4 Å². The van der Waals surface area contributed by atoms with Crippen LogP contribution in [-0.2, 0) is 7.05 Å². The molecule has 2 heterocycles. The number of aromatic nitrogens is 2. The van der Waals surface area contributed by atoms with Crippen LogP contribution >= 0.6 is 0 Å². The first-order valence-corrected chi connectivity index (χ1v) is 6.92. The SMILES string of the molecule is CC.Cc1nc2ccccc2c2c1c(C)c(C)n2C. The van der Waals surface area contributed by atoms with Crippen molar-refractivity contribution in [3.05, 3.63) is 41.2 Å². The lowest BCUT2D eigenvalue weighted by atomic mass is 10.1. The predicted molar refractivity (Wildman–Crippen MR) is 83.8 cm³/mol. The lowest BCUT2D eigenvalue weighted by molar-refractivity contribution is 0.913. The van der Waals surface area contributed by atoms with Gasteiger partial charge in [-0.15, -0.1) is 0 Å². The molecule has 0 saturated carbocycles. The molecule has 0 amide bonds. The van der Waals surface area contributed by atoms with Crippen LogP contribution in [0.15, 0.2) is 24.3 Å². The minimum atomic E-state index is 1.08. The molecule has 100 valence electrons. The monoisotopic (exact) mass is 254 g/mol. The molecule has 0 radical (unpaired) electrons. The predicted octanol–water partition coefficient (Wildman–Crippen LogP) is 4.68. The Labute approximate surface area is 115 Å². The Balaban J connectivity index is 0.000000637. The highest BCUT2D eigenvalue weighted by atomic mass is 15.0. The molecule has 0 bridgehead atoms. The van der Waals surface area contributed by atoms with Crippen molar-refractivity contribution in [2.24, 2.45) is 7.05 Å². The van der Waals surface area contributed by atoms with E-state index in [1.54, 1.807) is 0 Å². The van der Waals surface area contributed by atoms with Crippen molar-refractivity contribution in [3.8, 4) is 0 Å². The summed E-state index contributed by atoms with van der Waals surface area (Å²) in [5.41, 5.74) is 6.18. The molecule has 0 saturated heterocycles. The van der Waals surface area contributed by atoms with E-state index in [4.69, 9.17) is 4.98 Å². The molecule has 0 fully saturated rings. The first-order chi connectivity index (χ1) is 9.11. The molecular formula is C17H22N2. The molecule has 2 nitrogen and oxygen atoms in total. The minimum absolute atomic E-state index is 1.08. The van der Waals surface area contributed by atoms with E-state index in [2.05, 4.69) is 50.6 Å². The summed E-state index contributed by atoms with van der Waals surface area (Å²) in [5.74, 6) is 0. The molecule has 3 rings (SSSR count). The number of benzene rings is 1. The third-order valence-electron chi connectivity index (χ3n) is 3.80. The largest absolute Gasteiger partial charge is 0.347 e. The highest BCUT2D eigenvalue weighted by Gasteiger charge is 2.14. The van der Waals surface area contributed by atoms with Crippen molar-refractivity contribution in [1.29, 1.82) is 0 Å². The maximum atomic E-state index is 4.71. The zero-order valence-electron chi connectivity index (χ0n) is 12.7. The molecule has 0 atom stereocenters. The van der Waals surface area contributed by atoms with E-state index in [0.717, 1.165) is 11.2 Å². The lowest BCUT2D eigenvalue weighted by Crippen LogP contribution is -1.92. The van der Waals surface area contributed by atoms with Crippen LogP contribution in [0.3, 0.4) is 0 Å². The summed E-state index contributed by atoms with van der Waals surface area (Å²) in [6.45, 7) is 10.5. The van der Waals surface area contributed by atoms with Gasteiger partial charge < -0.3 is 4.57 Å². The van der Waals surface area contributed by atoms with Crippen molar-refractivity contribution in [2.45, 2.75) is 34.6 Å². The van der Waals surface area contributed by atoms with Crippen LogP contribution in [0.2, 0.25) is 0 Å². The topological polar surface area (TPSA) is 17.8 Å². The summed E-state index contributed by atoms with van der Waals surface area (Å²) < 4.78 is 2.28. The Morgan fingerprint density at radius 1 is 1.00 bits per heavy atom. The number of fused-ring (bicyclic) bond motifs is 3. The Bertz CT molecular complexity index is 736. The van der Waals surface area contributed by atoms with Gasteiger partial charge in [0.2, 0.25) is 0 Å². The molecule has 2 heteroatoms. The van der Waals surface area contributed by atoms with E-state index >= 15 is 0 Å². The lowest BCUT2D eigenvalue weighted by Gasteiger charge is -2.05. The number of nitrogens with zero attached hydrogens (tertiary/aromatic N) is 2. The zero-order valence-corrected chi connectivity index (χ0v) is 12.7. The van der Waals surface area contributed by atoms with Gasteiger partial charge in [-0.3, -0.25) is 4.98 Å². The molecule has 0 aliphatic heterocycles. The highest BCUT2D eigenvalue weighted by Crippen LogP contribution is 2.31. The average molecular weight is 254 g/mol. The number of rotatable bonds is 0. The first-order valence-electron chi connectivity index (χ1n) is 6.92. The molecule has 1 aromatic carbocycles. The van der Waals surface area contributed by atoms with E-state index in [1.807, 2.05) is 19.9 Å². The number of para-hydroxylation sites is 1. The first kappa shape index (κ1) is 13.6. The van der Waals surface area contributed by atoms with Crippen LogP contribution in [0.4, 0.5) is 0 Å². The fourth-order valence-corrected chi connectivity index (χ4v) is 2.71. The van der Waals surface area contributed by atoms with Gasteiger partial charge in [0.1, 0.15) is 0 Å². The van der Waals surface area contributed by atoms with E-state index < -0.39 is 0 Å². The van der Waals surface area contributed by atoms with Gasteiger partial charge in [-0.1, -0.05) is 32.0 Å². The molecule has 0 unspecified atom stereocenters. The Morgan fingerprint density at radius 3 is 2.32 bits per heavy atom. The van der Waals surface area contributed by atoms with Crippen LogP contribution in [0.5, 0.6) is 0 Å². The van der Waals surface area contributed by atoms with Crippen LogP contribution in [0.1, 0.15) is 30.8 Å². The molecule has 0 aliphatic rings. The van der Waals surface area contributed by atoms with Crippen LogP contribution in [0, 0.1) is 20.8 Å². The molecule has 19 heavy (non-hydrogen) atoms. The third kappa shape index (κ3) is 1.92. The summed E-state index contributed by atoms with van der Waals surface area (Å²) in [6, 6.07) is 8.36. The number of aryl methyl sites for hydroxylation is 3. The normalized spacial score (nSPS) is 10.6. The van der Waals surface area contributed by atoms with Gasteiger partial charge in [0, 0.05) is 29.2 Å². The van der Waals surface area contributed by atoms with Gasteiger partial charge in [0.25, 0.3) is 0 Å². The second-order valence-electron chi connectivity index (χ2n) is 4.71. The smallest absolute Gasteiger partial charge is 0.0726 e. The highest BCUT2D eigenvalue weighted by molar-refractivity contribution is 6.06. The summed E-state index contributed by atoms with van der Waals surface area (Å²) in [6.07, 6.45) is 0. The van der Waals surface area contributed by atoms with Gasteiger partial charge in [0.15, 0.2) is 0 Å². The fourth-order valence-electron chi connectivity index (χ4n) is 2.71. The number of hydrogen-bond donors (Lipinski definition) is 0. The van der Waals surface area contributed by atoms with Gasteiger partial charge in [-0.2, -0.15) is 0 Å². The summed E-state index contributed by atoms with van der Waals surface area (Å²) >= 11 is 0. The van der Waals surface area contributed by atoms with Crippen molar-refractivity contribution in [3.63, 3.8) is 0 Å².